The van der Waals surface area contributed by atoms with Crippen molar-refractivity contribution >= 4 is 0 Å². The highest BCUT2D eigenvalue weighted by molar-refractivity contribution is 4.96. The number of aliphatic hydroxyl groups excluding tert-OH is 2. The Kier molecular flexibility index (Phi) is 4.81. The first-order chi connectivity index (χ1) is 8.98. The van der Waals surface area contributed by atoms with Gasteiger partial charge in [0.25, 0.3) is 0 Å². The van der Waals surface area contributed by atoms with E-state index in [1.165, 1.54) is 0 Å². The van der Waals surface area contributed by atoms with Crippen LogP contribution >= 0.6 is 0 Å². The van der Waals surface area contributed by atoms with Crippen LogP contribution in [0.3, 0.4) is 0 Å². The molecular formula is C13H24O6. The van der Waals surface area contributed by atoms with Gasteiger partial charge in [-0.05, 0) is 20.3 Å². The zero-order valence-electron chi connectivity index (χ0n) is 11.7. The maximum atomic E-state index is 9.80. The Labute approximate surface area is 113 Å². The Morgan fingerprint density at radius 1 is 1.32 bits per heavy atom. The predicted molar refractivity (Wildman–Crippen MR) is 66.4 cm³/mol. The molecule has 2 aliphatic rings. The third kappa shape index (κ3) is 3.26. The molecule has 1 unspecified atom stereocenters. The summed E-state index contributed by atoms with van der Waals surface area (Å²) >= 11 is 0. The van der Waals surface area contributed by atoms with Gasteiger partial charge in [-0.15, -0.1) is 0 Å². The van der Waals surface area contributed by atoms with Crippen LogP contribution in [-0.2, 0) is 18.9 Å². The molecule has 0 aromatic carbocycles. The minimum absolute atomic E-state index is 0.363. The van der Waals surface area contributed by atoms with Crippen LogP contribution in [0.15, 0.2) is 0 Å². The summed E-state index contributed by atoms with van der Waals surface area (Å²) in [6.07, 6.45) is -0.982. The molecule has 0 aromatic rings. The van der Waals surface area contributed by atoms with E-state index >= 15 is 0 Å². The Balaban J connectivity index is 2.02. The average molecular weight is 276 g/mol. The summed E-state index contributed by atoms with van der Waals surface area (Å²) in [5.41, 5.74) is 0. The fourth-order valence-electron chi connectivity index (χ4n) is 2.47. The van der Waals surface area contributed by atoms with Crippen LogP contribution in [-0.4, -0.2) is 59.9 Å². The van der Waals surface area contributed by atoms with Crippen molar-refractivity contribution in [3.63, 3.8) is 0 Å². The summed E-state index contributed by atoms with van der Waals surface area (Å²) in [7, 11) is 0. The zero-order chi connectivity index (χ0) is 14.0. The van der Waals surface area contributed by atoms with Crippen LogP contribution in [0.5, 0.6) is 0 Å². The molecule has 19 heavy (non-hydrogen) atoms. The summed E-state index contributed by atoms with van der Waals surface area (Å²) in [5, 5.41) is 18.9. The fraction of sp³-hybridized carbons (Fsp3) is 1.00. The zero-order valence-corrected chi connectivity index (χ0v) is 11.7. The Morgan fingerprint density at radius 3 is 2.68 bits per heavy atom. The molecule has 6 nitrogen and oxygen atoms in total. The van der Waals surface area contributed by atoms with Crippen molar-refractivity contribution in [1.29, 1.82) is 0 Å². The molecule has 0 aromatic heterocycles. The average Bonchev–Trinajstić information content (AvgIpc) is 2.82. The largest absolute Gasteiger partial charge is 0.394 e. The van der Waals surface area contributed by atoms with Gasteiger partial charge < -0.3 is 29.2 Å². The van der Waals surface area contributed by atoms with E-state index in [0.717, 1.165) is 12.8 Å². The first-order valence-electron chi connectivity index (χ1n) is 6.90. The van der Waals surface area contributed by atoms with Crippen molar-refractivity contribution in [2.45, 2.75) is 70.1 Å². The molecule has 2 saturated heterocycles. The van der Waals surface area contributed by atoms with E-state index in [2.05, 4.69) is 6.92 Å². The fourth-order valence-corrected chi connectivity index (χ4v) is 2.47. The molecule has 112 valence electrons. The summed E-state index contributed by atoms with van der Waals surface area (Å²) < 4.78 is 22.8. The summed E-state index contributed by atoms with van der Waals surface area (Å²) in [6.45, 7) is 5.91. The number of unbranched alkanes of at least 4 members (excludes halogenated alkanes) is 1. The second-order valence-electron chi connectivity index (χ2n) is 5.51. The third-order valence-corrected chi connectivity index (χ3v) is 3.40. The van der Waals surface area contributed by atoms with Gasteiger partial charge in [-0.2, -0.15) is 0 Å². The molecule has 2 fully saturated rings. The molecule has 5 atom stereocenters. The van der Waals surface area contributed by atoms with E-state index in [9.17, 15) is 5.11 Å². The Bertz CT molecular complexity index is 295. The van der Waals surface area contributed by atoms with E-state index in [4.69, 9.17) is 24.1 Å². The van der Waals surface area contributed by atoms with Gasteiger partial charge in [0.05, 0.1) is 6.61 Å². The van der Waals surface area contributed by atoms with Crippen LogP contribution in [0.1, 0.15) is 33.6 Å². The molecule has 0 bridgehead atoms. The molecule has 6 heteroatoms. The molecule has 2 aliphatic heterocycles. The first kappa shape index (κ1) is 15.2. The van der Waals surface area contributed by atoms with Crippen LogP contribution < -0.4 is 0 Å². The van der Waals surface area contributed by atoms with Gasteiger partial charge in [0.15, 0.2) is 12.1 Å². The van der Waals surface area contributed by atoms with Crippen molar-refractivity contribution in [2.24, 2.45) is 0 Å². The van der Waals surface area contributed by atoms with Gasteiger partial charge in [-0.25, -0.2) is 0 Å². The maximum absolute atomic E-state index is 9.80. The first-order valence-corrected chi connectivity index (χ1v) is 6.90. The summed E-state index contributed by atoms with van der Waals surface area (Å²) in [4.78, 5) is 0. The van der Waals surface area contributed by atoms with Crippen LogP contribution in [0.4, 0.5) is 0 Å². The summed E-state index contributed by atoms with van der Waals surface area (Å²) in [6, 6.07) is 0. The van der Waals surface area contributed by atoms with Crippen molar-refractivity contribution in [3.8, 4) is 0 Å². The van der Waals surface area contributed by atoms with Gasteiger partial charge in [-0.3, -0.25) is 0 Å². The maximum Gasteiger partial charge on any atom is 0.190 e. The van der Waals surface area contributed by atoms with Crippen LogP contribution in [0.25, 0.3) is 0 Å². The van der Waals surface area contributed by atoms with Crippen molar-refractivity contribution in [3.05, 3.63) is 0 Å². The van der Waals surface area contributed by atoms with E-state index in [1.807, 2.05) is 13.8 Å². The highest BCUT2D eigenvalue weighted by atomic mass is 16.8. The topological polar surface area (TPSA) is 77.4 Å². The molecular weight excluding hydrogens is 252 g/mol. The molecule has 0 radical (unpaired) electrons. The van der Waals surface area contributed by atoms with E-state index in [0.29, 0.717) is 6.61 Å². The smallest absolute Gasteiger partial charge is 0.190 e. The number of fused-ring (bicyclic) bond motifs is 1. The SMILES string of the molecule is CCCCO[C@H]1[C@H]2OC(C)(C)O[C@H]2O[C@@H]1C(O)CO. The normalized spacial score (nSPS) is 38.4. The van der Waals surface area contributed by atoms with E-state index in [1.54, 1.807) is 0 Å². The van der Waals surface area contributed by atoms with Crippen LogP contribution in [0.2, 0.25) is 0 Å². The quantitative estimate of drug-likeness (QED) is 0.684. The lowest BCUT2D eigenvalue weighted by molar-refractivity contribution is -0.231. The lowest BCUT2D eigenvalue weighted by Crippen LogP contribution is -2.44. The van der Waals surface area contributed by atoms with E-state index in [-0.39, 0.29) is 12.7 Å². The molecule has 2 heterocycles. The van der Waals surface area contributed by atoms with Crippen molar-refractivity contribution in [2.75, 3.05) is 13.2 Å². The van der Waals surface area contributed by atoms with Gasteiger partial charge >= 0.3 is 0 Å². The highest BCUT2D eigenvalue weighted by Crippen LogP contribution is 2.39. The number of hydrogen-bond donors (Lipinski definition) is 2. The predicted octanol–water partition coefficient (Wildman–Crippen LogP) is 0.401. The molecule has 2 rings (SSSR count). The second-order valence-corrected chi connectivity index (χ2v) is 5.51. The van der Waals surface area contributed by atoms with Crippen molar-refractivity contribution < 1.29 is 29.2 Å². The second kappa shape index (κ2) is 6.03. The van der Waals surface area contributed by atoms with Gasteiger partial charge in [0.2, 0.25) is 0 Å². The monoisotopic (exact) mass is 276 g/mol. The number of hydrogen-bond acceptors (Lipinski definition) is 6. The van der Waals surface area contributed by atoms with E-state index < -0.39 is 30.4 Å². The minimum Gasteiger partial charge on any atom is -0.394 e. The third-order valence-electron chi connectivity index (χ3n) is 3.40. The Morgan fingerprint density at radius 2 is 2.05 bits per heavy atom. The summed E-state index contributed by atoms with van der Waals surface area (Å²) in [5.74, 6) is -0.711. The standard InChI is InChI=1S/C13H24O6/c1-4-5-6-16-10-9(8(15)7-14)17-12-11(10)18-13(2,3)19-12/h8-12,14-15H,4-7H2,1-3H3/t8?,9-,10-,11-,12-/m1/s1. The molecule has 0 amide bonds. The molecule has 0 spiro atoms. The molecule has 2 N–H and O–H groups in total. The van der Waals surface area contributed by atoms with Crippen LogP contribution in [0, 0.1) is 0 Å². The minimum atomic E-state index is -0.993. The Hall–Kier alpha value is -0.240. The number of ether oxygens (including phenoxy) is 4. The van der Waals surface area contributed by atoms with Gasteiger partial charge in [0, 0.05) is 6.61 Å². The van der Waals surface area contributed by atoms with Gasteiger partial charge in [0.1, 0.15) is 24.4 Å². The number of aliphatic hydroxyl groups is 2. The number of rotatable bonds is 6. The lowest BCUT2D eigenvalue weighted by Gasteiger charge is -2.27. The van der Waals surface area contributed by atoms with Gasteiger partial charge in [-0.1, -0.05) is 13.3 Å². The molecule has 0 aliphatic carbocycles. The van der Waals surface area contributed by atoms with Crippen molar-refractivity contribution in [1.82, 2.24) is 0 Å². The molecule has 0 saturated carbocycles. The lowest BCUT2D eigenvalue weighted by atomic mass is 10.1. The highest BCUT2D eigenvalue weighted by Gasteiger charge is 2.56.